The smallest absolute Gasteiger partial charge is 0.303 e. The lowest BCUT2D eigenvalue weighted by atomic mass is 10.0. The fourth-order valence-electron chi connectivity index (χ4n) is 2.91. The summed E-state index contributed by atoms with van der Waals surface area (Å²) in [5.74, 6) is -0.674. The number of carbonyl (C=O) groups is 1. The SMILES string of the molecule is C[C@H](NCCc1cc(Cl)c(NCCCC(=O)O)c(Cl)c1)[C@@H](O)c1ccc(O)cc1. The Morgan fingerprint density at radius 3 is 2.31 bits per heavy atom. The zero-order valence-corrected chi connectivity index (χ0v) is 17.7. The molecule has 0 aliphatic heterocycles. The second-order valence-corrected chi connectivity index (χ2v) is 7.70. The van der Waals surface area contributed by atoms with Gasteiger partial charge in [0.15, 0.2) is 0 Å². The fraction of sp³-hybridized carbons (Fsp3) is 0.381. The molecule has 0 unspecified atom stereocenters. The number of aromatic hydroxyl groups is 1. The summed E-state index contributed by atoms with van der Waals surface area (Å²) in [6.45, 7) is 2.98. The molecular formula is C21H26Cl2N2O4. The van der Waals surface area contributed by atoms with Crippen LogP contribution in [0.2, 0.25) is 10.0 Å². The summed E-state index contributed by atoms with van der Waals surface area (Å²) in [5.41, 5.74) is 2.29. The number of carboxylic acids is 1. The Kier molecular flexibility index (Phi) is 9.04. The Hall–Kier alpha value is -1.99. The number of aliphatic hydroxyl groups is 1. The third-order valence-electron chi connectivity index (χ3n) is 4.56. The molecule has 0 aliphatic rings. The highest BCUT2D eigenvalue weighted by Gasteiger charge is 2.16. The van der Waals surface area contributed by atoms with Crippen LogP contribution >= 0.6 is 23.2 Å². The molecule has 0 heterocycles. The molecule has 2 aromatic rings. The van der Waals surface area contributed by atoms with E-state index in [-0.39, 0.29) is 18.2 Å². The molecule has 2 aromatic carbocycles. The molecule has 0 aliphatic carbocycles. The Morgan fingerprint density at radius 2 is 1.72 bits per heavy atom. The van der Waals surface area contributed by atoms with E-state index in [2.05, 4.69) is 10.6 Å². The molecule has 0 spiro atoms. The zero-order valence-electron chi connectivity index (χ0n) is 16.2. The molecule has 5 N–H and O–H groups in total. The van der Waals surface area contributed by atoms with Gasteiger partial charge in [0.2, 0.25) is 0 Å². The number of hydrogen-bond acceptors (Lipinski definition) is 5. The predicted molar refractivity (Wildman–Crippen MR) is 116 cm³/mol. The molecule has 0 saturated carbocycles. The van der Waals surface area contributed by atoms with Crippen LogP contribution in [0.5, 0.6) is 5.75 Å². The second kappa shape index (κ2) is 11.3. The van der Waals surface area contributed by atoms with Crippen LogP contribution in [0.3, 0.4) is 0 Å². The Balaban J connectivity index is 1.85. The summed E-state index contributed by atoms with van der Waals surface area (Å²) >= 11 is 12.6. The number of hydrogen-bond donors (Lipinski definition) is 5. The van der Waals surface area contributed by atoms with Crippen LogP contribution in [0.1, 0.15) is 37.0 Å². The van der Waals surface area contributed by atoms with Crippen LogP contribution in [0.25, 0.3) is 0 Å². The molecule has 8 heteroatoms. The van der Waals surface area contributed by atoms with Crippen molar-refractivity contribution in [2.75, 3.05) is 18.4 Å². The summed E-state index contributed by atoms with van der Waals surface area (Å²) in [4.78, 5) is 10.6. The number of benzene rings is 2. The molecule has 0 saturated heterocycles. The lowest BCUT2D eigenvalue weighted by Crippen LogP contribution is -2.33. The number of phenolic OH excluding ortho intramolecular Hbond substituents is 1. The van der Waals surface area contributed by atoms with Crippen molar-refractivity contribution in [2.45, 2.75) is 38.3 Å². The minimum absolute atomic E-state index is 0.0835. The van der Waals surface area contributed by atoms with Crippen LogP contribution in [0.4, 0.5) is 5.69 Å². The van der Waals surface area contributed by atoms with Gasteiger partial charge in [-0.25, -0.2) is 0 Å². The van der Waals surface area contributed by atoms with Gasteiger partial charge in [-0.1, -0.05) is 35.3 Å². The average Bonchev–Trinajstić information content (AvgIpc) is 2.66. The van der Waals surface area contributed by atoms with E-state index in [0.29, 0.717) is 41.7 Å². The van der Waals surface area contributed by atoms with Gasteiger partial charge in [0.05, 0.1) is 21.8 Å². The minimum atomic E-state index is -0.836. The van der Waals surface area contributed by atoms with Gasteiger partial charge in [-0.3, -0.25) is 4.79 Å². The zero-order chi connectivity index (χ0) is 21.4. The number of anilines is 1. The standard InChI is InChI=1S/C21H26Cl2N2O4/c1-13(21(29)15-4-6-16(26)7-5-15)24-10-8-14-11-17(22)20(18(23)12-14)25-9-2-3-19(27)28/h4-7,11-13,21,24-26,29H,2-3,8-10H2,1H3,(H,27,28)/t13-,21+/m0/s1. The Morgan fingerprint density at radius 1 is 1.10 bits per heavy atom. The number of aliphatic carboxylic acids is 1. The first-order valence-electron chi connectivity index (χ1n) is 9.42. The third-order valence-corrected chi connectivity index (χ3v) is 5.16. The number of halogens is 2. The van der Waals surface area contributed by atoms with E-state index in [4.69, 9.17) is 28.3 Å². The number of phenols is 1. The lowest BCUT2D eigenvalue weighted by molar-refractivity contribution is -0.137. The van der Waals surface area contributed by atoms with E-state index in [0.717, 1.165) is 11.1 Å². The van der Waals surface area contributed by atoms with Gasteiger partial charge in [0.25, 0.3) is 0 Å². The van der Waals surface area contributed by atoms with Gasteiger partial charge < -0.3 is 26.0 Å². The molecule has 0 aromatic heterocycles. The van der Waals surface area contributed by atoms with Gasteiger partial charge in [-0.2, -0.15) is 0 Å². The van der Waals surface area contributed by atoms with Crippen molar-refractivity contribution in [3.8, 4) is 5.75 Å². The first-order valence-corrected chi connectivity index (χ1v) is 10.2. The molecule has 0 amide bonds. The summed E-state index contributed by atoms with van der Waals surface area (Å²) in [6, 6.07) is 9.96. The van der Waals surface area contributed by atoms with E-state index in [1.807, 2.05) is 19.1 Å². The van der Waals surface area contributed by atoms with E-state index in [9.17, 15) is 15.0 Å². The summed E-state index contributed by atoms with van der Waals surface area (Å²) in [5, 5.41) is 35.8. The van der Waals surface area contributed by atoms with Crippen LogP contribution in [0.15, 0.2) is 36.4 Å². The van der Waals surface area contributed by atoms with Gasteiger partial charge in [0, 0.05) is 19.0 Å². The van der Waals surface area contributed by atoms with Gasteiger partial charge >= 0.3 is 5.97 Å². The highest BCUT2D eigenvalue weighted by Crippen LogP contribution is 2.32. The average molecular weight is 441 g/mol. The monoisotopic (exact) mass is 440 g/mol. The maximum atomic E-state index is 10.6. The van der Waals surface area contributed by atoms with Crippen molar-refractivity contribution in [3.63, 3.8) is 0 Å². The number of nitrogens with one attached hydrogen (secondary N) is 2. The highest BCUT2D eigenvalue weighted by molar-refractivity contribution is 6.39. The maximum absolute atomic E-state index is 10.6. The van der Waals surface area contributed by atoms with Crippen LogP contribution in [-0.4, -0.2) is 40.4 Å². The van der Waals surface area contributed by atoms with Crippen molar-refractivity contribution >= 4 is 34.9 Å². The maximum Gasteiger partial charge on any atom is 0.303 e. The molecule has 0 radical (unpaired) electrons. The largest absolute Gasteiger partial charge is 0.508 e. The summed E-state index contributed by atoms with van der Waals surface area (Å²) < 4.78 is 0. The molecule has 2 rings (SSSR count). The number of rotatable bonds is 11. The predicted octanol–water partition coefficient (Wildman–Crippen LogP) is 4.23. The number of aliphatic hydroxyl groups excluding tert-OH is 1. The van der Waals surface area contributed by atoms with Crippen LogP contribution in [-0.2, 0) is 11.2 Å². The van der Waals surface area contributed by atoms with Crippen molar-refractivity contribution in [2.24, 2.45) is 0 Å². The normalized spacial score (nSPS) is 13.1. The summed E-state index contributed by atoms with van der Waals surface area (Å²) in [7, 11) is 0. The quantitative estimate of drug-likeness (QED) is 0.335. The van der Waals surface area contributed by atoms with Crippen molar-refractivity contribution in [3.05, 3.63) is 57.6 Å². The van der Waals surface area contributed by atoms with Gasteiger partial charge in [-0.05, 0) is 61.7 Å². The summed E-state index contributed by atoms with van der Waals surface area (Å²) in [6.07, 6.45) is 0.542. The fourth-order valence-corrected chi connectivity index (χ4v) is 3.57. The Bertz CT molecular complexity index is 792. The van der Waals surface area contributed by atoms with Crippen LogP contribution < -0.4 is 10.6 Å². The Labute approximate surface area is 180 Å². The van der Waals surface area contributed by atoms with Crippen molar-refractivity contribution in [1.82, 2.24) is 5.32 Å². The molecular weight excluding hydrogens is 415 g/mol. The first kappa shape index (κ1) is 23.3. The van der Waals surface area contributed by atoms with Gasteiger partial charge in [0.1, 0.15) is 5.75 Å². The van der Waals surface area contributed by atoms with Crippen molar-refractivity contribution in [1.29, 1.82) is 0 Å². The van der Waals surface area contributed by atoms with Gasteiger partial charge in [-0.15, -0.1) is 0 Å². The van der Waals surface area contributed by atoms with Crippen molar-refractivity contribution < 1.29 is 20.1 Å². The molecule has 0 bridgehead atoms. The first-order chi connectivity index (χ1) is 13.8. The number of carboxylic acid groups (broad SMARTS) is 1. The van der Waals surface area contributed by atoms with Crippen LogP contribution in [0, 0.1) is 0 Å². The van der Waals surface area contributed by atoms with E-state index >= 15 is 0 Å². The molecule has 2 atom stereocenters. The van der Waals surface area contributed by atoms with E-state index in [1.165, 1.54) is 0 Å². The van der Waals surface area contributed by atoms with E-state index in [1.54, 1.807) is 24.3 Å². The second-order valence-electron chi connectivity index (χ2n) is 6.89. The highest BCUT2D eigenvalue weighted by atomic mass is 35.5. The third kappa shape index (κ3) is 7.40. The molecule has 29 heavy (non-hydrogen) atoms. The lowest BCUT2D eigenvalue weighted by Gasteiger charge is -2.21. The minimum Gasteiger partial charge on any atom is -0.508 e. The molecule has 6 nitrogen and oxygen atoms in total. The topological polar surface area (TPSA) is 102 Å². The molecule has 158 valence electrons. The van der Waals surface area contributed by atoms with E-state index < -0.39 is 12.1 Å². The molecule has 0 fully saturated rings.